The van der Waals surface area contributed by atoms with Crippen molar-refractivity contribution in [3.05, 3.63) is 0 Å². The number of hydrogen-bond donors (Lipinski definition) is 2. The van der Waals surface area contributed by atoms with Crippen LogP contribution in [-0.2, 0) is 4.74 Å². The lowest BCUT2D eigenvalue weighted by molar-refractivity contribution is -0.0168. The molecule has 0 aromatic carbocycles. The maximum atomic E-state index is 9.68. The molecule has 0 spiro atoms. The second-order valence-corrected chi connectivity index (χ2v) is 6.19. The second-order valence-electron chi connectivity index (χ2n) is 6.19. The highest BCUT2D eigenvalue weighted by atomic mass is 16.5. The van der Waals surface area contributed by atoms with Crippen LogP contribution in [0.5, 0.6) is 0 Å². The fourth-order valence-electron chi connectivity index (χ4n) is 3.22. The first-order valence-corrected chi connectivity index (χ1v) is 7.77. The van der Waals surface area contributed by atoms with Crippen molar-refractivity contribution in [1.29, 1.82) is 0 Å². The van der Waals surface area contributed by atoms with Crippen LogP contribution in [0, 0.1) is 5.41 Å². The Balaban J connectivity index is 1.76. The maximum absolute atomic E-state index is 9.68. The van der Waals surface area contributed by atoms with E-state index in [4.69, 9.17) is 4.74 Å². The van der Waals surface area contributed by atoms with Crippen molar-refractivity contribution in [1.82, 2.24) is 5.32 Å². The molecular formula is C15H29NO2. The number of aliphatic hydroxyl groups is 1. The van der Waals surface area contributed by atoms with E-state index < -0.39 is 0 Å². The lowest BCUT2D eigenvalue weighted by Crippen LogP contribution is -2.45. The summed E-state index contributed by atoms with van der Waals surface area (Å²) >= 11 is 0. The van der Waals surface area contributed by atoms with Crippen LogP contribution < -0.4 is 5.32 Å². The van der Waals surface area contributed by atoms with Crippen LogP contribution in [0.25, 0.3) is 0 Å². The van der Waals surface area contributed by atoms with Gasteiger partial charge in [-0.1, -0.05) is 32.1 Å². The molecule has 0 atom stereocenters. The molecule has 0 amide bonds. The van der Waals surface area contributed by atoms with Crippen molar-refractivity contribution in [2.75, 3.05) is 26.4 Å². The third-order valence-electron chi connectivity index (χ3n) is 4.76. The third-order valence-corrected chi connectivity index (χ3v) is 4.76. The standard InChI is InChI=1S/C15H29NO2/c17-13-15(8-10-18-11-9-15)12-16-14-6-4-2-1-3-5-7-14/h14,16-17H,1-13H2. The molecule has 1 aliphatic heterocycles. The molecular weight excluding hydrogens is 226 g/mol. The van der Waals surface area contributed by atoms with Gasteiger partial charge in [-0.25, -0.2) is 0 Å². The molecule has 18 heavy (non-hydrogen) atoms. The van der Waals surface area contributed by atoms with Crippen molar-refractivity contribution in [3.63, 3.8) is 0 Å². The first-order chi connectivity index (χ1) is 8.85. The van der Waals surface area contributed by atoms with Gasteiger partial charge in [0.25, 0.3) is 0 Å². The van der Waals surface area contributed by atoms with Gasteiger partial charge in [0, 0.05) is 31.2 Å². The Bertz CT molecular complexity index is 219. The Morgan fingerprint density at radius 1 is 1.00 bits per heavy atom. The number of ether oxygens (including phenoxy) is 1. The van der Waals surface area contributed by atoms with Crippen LogP contribution in [0.15, 0.2) is 0 Å². The summed E-state index contributed by atoms with van der Waals surface area (Å²) in [6.45, 7) is 2.90. The normalized spacial score (nSPS) is 26.5. The highest BCUT2D eigenvalue weighted by Crippen LogP contribution is 2.29. The van der Waals surface area contributed by atoms with Crippen LogP contribution in [0.2, 0.25) is 0 Å². The monoisotopic (exact) mass is 255 g/mol. The topological polar surface area (TPSA) is 41.5 Å². The first kappa shape index (κ1) is 14.3. The molecule has 2 rings (SSSR count). The van der Waals surface area contributed by atoms with Crippen LogP contribution in [0.4, 0.5) is 0 Å². The van der Waals surface area contributed by atoms with Crippen molar-refractivity contribution < 1.29 is 9.84 Å². The highest BCUT2D eigenvalue weighted by Gasteiger charge is 2.32. The zero-order chi connectivity index (χ0) is 12.7. The molecule has 1 saturated heterocycles. The van der Waals surface area contributed by atoms with Crippen LogP contribution in [0.3, 0.4) is 0 Å². The number of hydrogen-bond acceptors (Lipinski definition) is 3. The molecule has 2 aliphatic rings. The van der Waals surface area contributed by atoms with Crippen LogP contribution >= 0.6 is 0 Å². The molecule has 106 valence electrons. The molecule has 1 heterocycles. The summed E-state index contributed by atoms with van der Waals surface area (Å²) in [5, 5.41) is 13.4. The minimum absolute atomic E-state index is 0.0839. The summed E-state index contributed by atoms with van der Waals surface area (Å²) in [6, 6.07) is 0.677. The first-order valence-electron chi connectivity index (χ1n) is 7.77. The Hall–Kier alpha value is -0.120. The second kappa shape index (κ2) is 7.46. The molecule has 2 fully saturated rings. The van der Waals surface area contributed by atoms with Gasteiger partial charge < -0.3 is 15.2 Å². The van der Waals surface area contributed by atoms with E-state index in [2.05, 4.69) is 5.32 Å². The van der Waals surface area contributed by atoms with Crippen LogP contribution in [0.1, 0.15) is 57.8 Å². The predicted octanol–water partition coefficient (Wildman–Crippen LogP) is 2.48. The van der Waals surface area contributed by atoms with Crippen LogP contribution in [-0.4, -0.2) is 37.5 Å². The fourth-order valence-corrected chi connectivity index (χ4v) is 3.22. The zero-order valence-electron chi connectivity index (χ0n) is 11.6. The molecule has 0 unspecified atom stereocenters. The fraction of sp³-hybridized carbons (Fsp3) is 1.00. The molecule has 0 radical (unpaired) electrons. The molecule has 3 nitrogen and oxygen atoms in total. The maximum Gasteiger partial charge on any atom is 0.0501 e. The van der Waals surface area contributed by atoms with E-state index in [0.29, 0.717) is 12.6 Å². The van der Waals surface area contributed by atoms with E-state index in [1.165, 1.54) is 44.9 Å². The van der Waals surface area contributed by atoms with Crippen molar-refractivity contribution in [3.8, 4) is 0 Å². The van der Waals surface area contributed by atoms with Gasteiger partial charge >= 0.3 is 0 Å². The summed E-state index contributed by atoms with van der Waals surface area (Å²) in [5.41, 5.74) is 0.0839. The van der Waals surface area contributed by atoms with E-state index in [9.17, 15) is 5.11 Å². The van der Waals surface area contributed by atoms with E-state index in [1.807, 2.05) is 0 Å². The van der Waals surface area contributed by atoms with Gasteiger partial charge in [0.1, 0.15) is 0 Å². The van der Waals surface area contributed by atoms with Gasteiger partial charge in [-0.3, -0.25) is 0 Å². The molecule has 0 bridgehead atoms. The molecule has 0 aromatic heterocycles. The summed E-state index contributed by atoms with van der Waals surface area (Å²) in [7, 11) is 0. The summed E-state index contributed by atoms with van der Waals surface area (Å²) in [6.07, 6.45) is 11.6. The van der Waals surface area contributed by atoms with Gasteiger partial charge in [-0.05, 0) is 25.7 Å². The summed E-state index contributed by atoms with van der Waals surface area (Å²) in [4.78, 5) is 0. The molecule has 0 aromatic rings. The third kappa shape index (κ3) is 4.22. The van der Waals surface area contributed by atoms with Crippen molar-refractivity contribution in [2.24, 2.45) is 5.41 Å². The minimum atomic E-state index is 0.0839. The van der Waals surface area contributed by atoms with E-state index in [1.54, 1.807) is 0 Å². The SMILES string of the molecule is OCC1(CNC2CCCCCCC2)CCOCC1. The molecule has 1 aliphatic carbocycles. The van der Waals surface area contributed by atoms with Gasteiger partial charge in [0.15, 0.2) is 0 Å². The van der Waals surface area contributed by atoms with Gasteiger partial charge in [0.2, 0.25) is 0 Å². The Morgan fingerprint density at radius 2 is 1.61 bits per heavy atom. The number of rotatable bonds is 4. The molecule has 1 saturated carbocycles. The molecule has 3 heteroatoms. The average molecular weight is 255 g/mol. The molecule has 2 N–H and O–H groups in total. The predicted molar refractivity (Wildman–Crippen MR) is 73.7 cm³/mol. The largest absolute Gasteiger partial charge is 0.396 e. The van der Waals surface area contributed by atoms with Gasteiger partial charge in [-0.2, -0.15) is 0 Å². The van der Waals surface area contributed by atoms with Crippen molar-refractivity contribution >= 4 is 0 Å². The Kier molecular flexibility index (Phi) is 5.93. The quantitative estimate of drug-likeness (QED) is 0.811. The summed E-state index contributed by atoms with van der Waals surface area (Å²) < 4.78 is 5.42. The number of aliphatic hydroxyl groups excluding tert-OH is 1. The average Bonchev–Trinajstić information content (AvgIpc) is 2.38. The smallest absolute Gasteiger partial charge is 0.0501 e. The Labute approximate surface area is 111 Å². The zero-order valence-corrected chi connectivity index (χ0v) is 11.6. The van der Waals surface area contributed by atoms with Gasteiger partial charge in [-0.15, -0.1) is 0 Å². The Morgan fingerprint density at radius 3 is 2.22 bits per heavy atom. The van der Waals surface area contributed by atoms with Gasteiger partial charge in [0.05, 0.1) is 6.61 Å². The lowest BCUT2D eigenvalue weighted by atomic mass is 9.80. The highest BCUT2D eigenvalue weighted by molar-refractivity contribution is 4.85. The lowest BCUT2D eigenvalue weighted by Gasteiger charge is -2.37. The van der Waals surface area contributed by atoms with E-state index in [-0.39, 0.29) is 5.41 Å². The van der Waals surface area contributed by atoms with Crippen molar-refractivity contribution in [2.45, 2.75) is 63.8 Å². The van der Waals surface area contributed by atoms with E-state index >= 15 is 0 Å². The minimum Gasteiger partial charge on any atom is -0.396 e. The summed E-state index contributed by atoms with van der Waals surface area (Å²) in [5.74, 6) is 0. The number of nitrogens with one attached hydrogen (secondary N) is 1. The van der Waals surface area contributed by atoms with E-state index in [0.717, 1.165) is 32.6 Å².